The Balaban J connectivity index is 1.34. The van der Waals surface area contributed by atoms with Crippen LogP contribution in [0.5, 0.6) is 0 Å². The summed E-state index contributed by atoms with van der Waals surface area (Å²) in [5.41, 5.74) is 3.15. The lowest BCUT2D eigenvalue weighted by molar-refractivity contribution is 0.0636. The molecule has 0 spiro atoms. The number of carbonyl (C=O) groups is 3. The van der Waals surface area contributed by atoms with Crippen LogP contribution in [0.25, 0.3) is 17.3 Å². The summed E-state index contributed by atoms with van der Waals surface area (Å²) in [5.74, 6) is -0.559. The van der Waals surface area contributed by atoms with Crippen molar-refractivity contribution in [2.45, 2.75) is 13.1 Å². The number of hydrogen-bond donors (Lipinski definition) is 0. The average Bonchev–Trinajstić information content (AvgIpc) is 3.51. The van der Waals surface area contributed by atoms with Crippen LogP contribution in [-0.2, 0) is 13.1 Å². The Kier molecular flexibility index (Phi) is 4.03. The first-order valence-electron chi connectivity index (χ1n) is 10.2. The number of hydrogen-bond acceptors (Lipinski definition) is 7. The van der Waals surface area contributed by atoms with E-state index in [1.807, 2.05) is 22.8 Å². The van der Waals surface area contributed by atoms with Crippen molar-refractivity contribution in [1.29, 1.82) is 0 Å². The average molecular weight is 440 g/mol. The molecule has 0 N–H and O–H groups in total. The molecule has 0 unspecified atom stereocenters. The Morgan fingerprint density at radius 1 is 0.909 bits per heavy atom. The van der Waals surface area contributed by atoms with Crippen LogP contribution in [0.3, 0.4) is 0 Å². The lowest BCUT2D eigenvalue weighted by atomic mass is 10.1. The summed E-state index contributed by atoms with van der Waals surface area (Å²) in [5, 5.41) is 3.96. The fourth-order valence-corrected chi connectivity index (χ4v) is 4.22. The maximum Gasteiger partial charge on any atom is 0.278 e. The molecule has 0 bridgehead atoms. The van der Waals surface area contributed by atoms with E-state index in [9.17, 15) is 14.4 Å². The number of aromatic nitrogens is 4. The van der Waals surface area contributed by atoms with Crippen molar-refractivity contribution in [3.63, 3.8) is 0 Å². The largest absolute Gasteiger partial charge is 0.336 e. The summed E-state index contributed by atoms with van der Waals surface area (Å²) in [6, 6.07) is 14.0. The topological polar surface area (TPSA) is 114 Å². The molecule has 33 heavy (non-hydrogen) atoms. The van der Waals surface area contributed by atoms with Gasteiger partial charge in [0.05, 0.1) is 41.2 Å². The zero-order valence-corrected chi connectivity index (χ0v) is 17.4. The number of rotatable bonds is 3. The number of carbonyl (C=O) groups excluding carboxylic acids is 3. The van der Waals surface area contributed by atoms with E-state index in [1.165, 1.54) is 0 Å². The van der Waals surface area contributed by atoms with Crippen molar-refractivity contribution in [1.82, 2.24) is 29.5 Å². The second-order valence-corrected chi connectivity index (χ2v) is 7.85. The summed E-state index contributed by atoms with van der Waals surface area (Å²) in [6.07, 6.45) is 1.62. The van der Waals surface area contributed by atoms with E-state index in [-0.39, 0.29) is 24.2 Å². The van der Waals surface area contributed by atoms with E-state index < -0.39 is 11.8 Å². The normalized spacial score (nSPS) is 14.9. The lowest BCUT2D eigenvalue weighted by Gasteiger charge is -2.14. The summed E-state index contributed by atoms with van der Waals surface area (Å²) in [6.45, 7) is 0.173. The van der Waals surface area contributed by atoms with Crippen LogP contribution in [0.15, 0.2) is 59.4 Å². The van der Waals surface area contributed by atoms with Crippen molar-refractivity contribution in [3.05, 3.63) is 83.1 Å². The molecular formula is C23H16N6O4. The molecule has 0 saturated carbocycles. The Morgan fingerprint density at radius 3 is 2.30 bits per heavy atom. The second kappa shape index (κ2) is 6.95. The third-order valence-corrected chi connectivity index (χ3v) is 5.84. The predicted molar refractivity (Wildman–Crippen MR) is 113 cm³/mol. The molecule has 10 heteroatoms. The Morgan fingerprint density at radius 2 is 1.58 bits per heavy atom. The lowest BCUT2D eigenvalue weighted by Crippen LogP contribution is -2.29. The molecule has 2 aromatic carbocycles. The number of imide groups is 1. The monoisotopic (exact) mass is 440 g/mol. The zero-order valence-electron chi connectivity index (χ0n) is 17.4. The molecule has 0 fully saturated rings. The maximum absolute atomic E-state index is 12.8. The summed E-state index contributed by atoms with van der Waals surface area (Å²) in [4.78, 5) is 49.6. The van der Waals surface area contributed by atoms with Gasteiger partial charge in [0.15, 0.2) is 11.5 Å². The SMILES string of the molecule is CN1Cc2c(-c3nc(CN4C(=O)c5ccccc5C4=O)no3)ncn2-c2ccccc2C1=O. The van der Waals surface area contributed by atoms with Gasteiger partial charge < -0.3 is 9.42 Å². The van der Waals surface area contributed by atoms with Gasteiger partial charge in [-0.2, -0.15) is 4.98 Å². The smallest absolute Gasteiger partial charge is 0.278 e. The van der Waals surface area contributed by atoms with Crippen molar-refractivity contribution >= 4 is 17.7 Å². The first-order chi connectivity index (χ1) is 16.0. The number of benzene rings is 2. The minimum absolute atomic E-state index is 0.0999. The van der Waals surface area contributed by atoms with Gasteiger partial charge in [0.1, 0.15) is 6.33 Å². The van der Waals surface area contributed by atoms with Crippen molar-refractivity contribution in [2.75, 3.05) is 7.05 Å². The molecule has 2 aliphatic heterocycles. The first-order valence-corrected chi connectivity index (χ1v) is 10.2. The van der Waals surface area contributed by atoms with Gasteiger partial charge in [-0.15, -0.1) is 0 Å². The molecule has 6 rings (SSSR count). The molecule has 0 saturated heterocycles. The molecular weight excluding hydrogens is 424 g/mol. The van der Waals surface area contributed by atoms with Crippen LogP contribution < -0.4 is 0 Å². The quantitative estimate of drug-likeness (QED) is 0.449. The Bertz CT molecular complexity index is 1430. The molecule has 0 aliphatic carbocycles. The highest BCUT2D eigenvalue weighted by Crippen LogP contribution is 2.30. The van der Waals surface area contributed by atoms with Crippen molar-refractivity contribution < 1.29 is 18.9 Å². The summed E-state index contributed by atoms with van der Waals surface area (Å²) < 4.78 is 7.27. The predicted octanol–water partition coefficient (Wildman–Crippen LogP) is 2.30. The van der Waals surface area contributed by atoms with Gasteiger partial charge in [-0.05, 0) is 24.3 Å². The zero-order chi connectivity index (χ0) is 22.7. The molecule has 2 aromatic heterocycles. The van der Waals surface area contributed by atoms with Crippen LogP contribution >= 0.6 is 0 Å². The molecule has 10 nitrogen and oxygen atoms in total. The number of nitrogens with zero attached hydrogens (tertiary/aromatic N) is 6. The highest BCUT2D eigenvalue weighted by molar-refractivity contribution is 6.21. The Hall–Kier alpha value is -4.60. The third-order valence-electron chi connectivity index (χ3n) is 5.84. The fourth-order valence-electron chi connectivity index (χ4n) is 4.22. The molecule has 0 atom stereocenters. The minimum atomic E-state index is -0.394. The van der Waals surface area contributed by atoms with Crippen LogP contribution in [0.1, 0.15) is 42.6 Å². The van der Waals surface area contributed by atoms with Gasteiger partial charge in [-0.25, -0.2) is 4.98 Å². The molecule has 0 radical (unpaired) electrons. The van der Waals surface area contributed by atoms with E-state index in [1.54, 1.807) is 48.6 Å². The van der Waals surface area contributed by atoms with E-state index in [0.717, 1.165) is 4.90 Å². The summed E-state index contributed by atoms with van der Waals surface area (Å²) in [7, 11) is 1.72. The molecule has 4 aromatic rings. The third kappa shape index (κ3) is 2.80. The second-order valence-electron chi connectivity index (χ2n) is 7.85. The molecule has 3 amide bonds. The minimum Gasteiger partial charge on any atom is -0.336 e. The van der Waals surface area contributed by atoms with E-state index in [0.29, 0.717) is 40.3 Å². The van der Waals surface area contributed by atoms with Crippen LogP contribution in [0, 0.1) is 0 Å². The van der Waals surface area contributed by atoms with Crippen LogP contribution in [-0.4, -0.2) is 54.3 Å². The van der Waals surface area contributed by atoms with Crippen molar-refractivity contribution in [3.8, 4) is 17.3 Å². The fraction of sp³-hybridized carbons (Fsp3) is 0.130. The van der Waals surface area contributed by atoms with Gasteiger partial charge in [0, 0.05) is 7.05 Å². The van der Waals surface area contributed by atoms with Gasteiger partial charge in [0.25, 0.3) is 23.6 Å². The first kappa shape index (κ1) is 19.1. The molecule has 2 aliphatic rings. The van der Waals surface area contributed by atoms with Crippen molar-refractivity contribution in [2.24, 2.45) is 0 Å². The van der Waals surface area contributed by atoms with Gasteiger partial charge >= 0.3 is 0 Å². The van der Waals surface area contributed by atoms with Gasteiger partial charge in [0.2, 0.25) is 0 Å². The molecule has 4 heterocycles. The van der Waals surface area contributed by atoms with Crippen LogP contribution in [0.4, 0.5) is 0 Å². The number of imidazole rings is 1. The van der Waals surface area contributed by atoms with Crippen LogP contribution in [0.2, 0.25) is 0 Å². The summed E-state index contributed by atoms with van der Waals surface area (Å²) >= 11 is 0. The number of fused-ring (bicyclic) bond motifs is 4. The highest BCUT2D eigenvalue weighted by Gasteiger charge is 2.36. The number of para-hydroxylation sites is 1. The maximum atomic E-state index is 12.8. The number of amides is 3. The van der Waals surface area contributed by atoms with E-state index >= 15 is 0 Å². The van der Waals surface area contributed by atoms with E-state index in [4.69, 9.17) is 4.52 Å². The molecule has 162 valence electrons. The van der Waals surface area contributed by atoms with E-state index in [2.05, 4.69) is 15.1 Å². The Labute approximate surface area is 187 Å². The van der Waals surface area contributed by atoms with Gasteiger partial charge in [-0.3, -0.25) is 23.9 Å². The standard InChI is InChI=1S/C23H16N6O4/c1-27-10-17-19(24-12-29(17)16-9-5-4-8-15(16)21(27)30)20-25-18(26-33-20)11-28-22(31)13-6-2-3-7-14(13)23(28)32/h2-9,12H,10-11H2,1H3. The van der Waals surface area contributed by atoms with Gasteiger partial charge in [-0.1, -0.05) is 29.4 Å². The highest BCUT2D eigenvalue weighted by atomic mass is 16.5.